The summed E-state index contributed by atoms with van der Waals surface area (Å²) in [6.07, 6.45) is 4.23. The van der Waals surface area contributed by atoms with E-state index in [1.54, 1.807) is 0 Å². The topological polar surface area (TPSA) is 54.1 Å². The number of rotatable bonds is 4. The molecular formula is C18H22N2O2. The number of para-hydroxylation sites is 1. The van der Waals surface area contributed by atoms with Crippen molar-refractivity contribution in [3.8, 4) is 0 Å². The first-order valence-electron chi connectivity index (χ1n) is 8.27. The molecule has 1 saturated carbocycles. The third kappa shape index (κ3) is 2.05. The molecule has 1 unspecified atom stereocenters. The number of esters is 1. The molecule has 1 atom stereocenters. The smallest absolute Gasteiger partial charge is 0.332 e. The highest BCUT2D eigenvalue weighted by atomic mass is 16.5. The second-order valence-corrected chi connectivity index (χ2v) is 6.47. The van der Waals surface area contributed by atoms with Crippen LogP contribution in [0.2, 0.25) is 0 Å². The molecule has 1 fully saturated rings. The zero-order valence-electron chi connectivity index (χ0n) is 12.9. The first-order valence-corrected chi connectivity index (χ1v) is 8.27. The molecule has 2 heterocycles. The van der Waals surface area contributed by atoms with Gasteiger partial charge in [0.05, 0.1) is 12.3 Å². The van der Waals surface area contributed by atoms with Crippen LogP contribution in [-0.4, -0.2) is 24.1 Å². The van der Waals surface area contributed by atoms with Crippen LogP contribution in [-0.2, 0) is 21.5 Å². The second-order valence-electron chi connectivity index (χ2n) is 6.47. The third-order valence-corrected chi connectivity index (χ3v) is 4.96. The van der Waals surface area contributed by atoms with Gasteiger partial charge in [-0.1, -0.05) is 31.0 Å². The number of aromatic nitrogens is 1. The summed E-state index contributed by atoms with van der Waals surface area (Å²) in [4.78, 5) is 16.3. The third-order valence-electron chi connectivity index (χ3n) is 4.96. The molecule has 0 radical (unpaired) electrons. The van der Waals surface area contributed by atoms with Gasteiger partial charge in [0.25, 0.3) is 0 Å². The van der Waals surface area contributed by atoms with Crippen LogP contribution < -0.4 is 5.32 Å². The number of carbonyl (C=O) groups is 1. The van der Waals surface area contributed by atoms with Crippen molar-refractivity contribution in [3.63, 3.8) is 0 Å². The number of fused-ring (bicyclic) bond motifs is 3. The standard InChI is InChI=1S/C18H22N2O2/c1-2-22-17(21)18(11-12-7-8-12)16-14(9-10-19-18)13-5-3-4-6-15(13)20-16/h3-6,12,19-20H,2,7-11H2,1H3. The number of hydrogen-bond acceptors (Lipinski definition) is 3. The monoisotopic (exact) mass is 298 g/mol. The van der Waals surface area contributed by atoms with Gasteiger partial charge >= 0.3 is 5.97 Å². The second kappa shape index (κ2) is 5.13. The molecule has 2 N–H and O–H groups in total. The highest BCUT2D eigenvalue weighted by Gasteiger charge is 2.49. The fourth-order valence-corrected chi connectivity index (χ4v) is 3.75. The summed E-state index contributed by atoms with van der Waals surface area (Å²) in [5.74, 6) is 0.503. The van der Waals surface area contributed by atoms with Crippen LogP contribution in [0.4, 0.5) is 0 Å². The highest BCUT2D eigenvalue weighted by Crippen LogP contribution is 2.44. The molecule has 2 aliphatic rings. The van der Waals surface area contributed by atoms with Crippen LogP contribution >= 0.6 is 0 Å². The molecule has 1 aromatic heterocycles. The van der Waals surface area contributed by atoms with Crippen molar-refractivity contribution in [2.75, 3.05) is 13.2 Å². The zero-order chi connectivity index (χ0) is 15.2. The lowest BCUT2D eigenvalue weighted by molar-refractivity contribution is -0.153. The minimum absolute atomic E-state index is 0.130. The summed E-state index contributed by atoms with van der Waals surface area (Å²) in [7, 11) is 0. The molecule has 1 aromatic carbocycles. The predicted molar refractivity (Wildman–Crippen MR) is 85.7 cm³/mol. The Morgan fingerprint density at radius 3 is 2.95 bits per heavy atom. The molecule has 2 aromatic rings. The molecule has 4 nitrogen and oxygen atoms in total. The Morgan fingerprint density at radius 1 is 1.36 bits per heavy atom. The molecule has 1 aliphatic heterocycles. The van der Waals surface area contributed by atoms with Crippen LogP contribution in [0.3, 0.4) is 0 Å². The number of benzene rings is 1. The van der Waals surface area contributed by atoms with Crippen LogP contribution in [0.15, 0.2) is 24.3 Å². The SMILES string of the molecule is CCOC(=O)C1(CC2CC2)NCCc2c1[nH]c1ccccc21. The fraction of sp³-hybridized carbons (Fsp3) is 0.500. The quantitative estimate of drug-likeness (QED) is 0.853. The van der Waals surface area contributed by atoms with Crippen molar-refractivity contribution in [2.24, 2.45) is 5.92 Å². The van der Waals surface area contributed by atoms with E-state index >= 15 is 0 Å². The number of nitrogens with one attached hydrogen (secondary N) is 2. The minimum atomic E-state index is -0.691. The van der Waals surface area contributed by atoms with E-state index in [9.17, 15) is 4.79 Å². The van der Waals surface area contributed by atoms with E-state index in [0.717, 1.165) is 30.6 Å². The lowest BCUT2D eigenvalue weighted by Crippen LogP contribution is -2.54. The Balaban J connectivity index is 1.87. The van der Waals surface area contributed by atoms with Crippen LogP contribution in [0.1, 0.15) is 37.4 Å². The highest BCUT2D eigenvalue weighted by molar-refractivity contribution is 5.90. The van der Waals surface area contributed by atoms with Crippen LogP contribution in [0.5, 0.6) is 0 Å². The molecule has 0 bridgehead atoms. The van der Waals surface area contributed by atoms with Gasteiger partial charge in [0, 0.05) is 17.4 Å². The van der Waals surface area contributed by atoms with E-state index in [-0.39, 0.29) is 5.97 Å². The summed E-state index contributed by atoms with van der Waals surface area (Å²) < 4.78 is 5.44. The normalized spacial score (nSPS) is 24.2. The van der Waals surface area contributed by atoms with E-state index < -0.39 is 5.54 Å². The molecule has 22 heavy (non-hydrogen) atoms. The van der Waals surface area contributed by atoms with Gasteiger partial charge in [-0.25, -0.2) is 4.79 Å². The van der Waals surface area contributed by atoms with Crippen molar-refractivity contribution in [1.82, 2.24) is 10.3 Å². The maximum absolute atomic E-state index is 12.8. The summed E-state index contributed by atoms with van der Waals surface area (Å²) >= 11 is 0. The van der Waals surface area contributed by atoms with E-state index in [2.05, 4.69) is 28.5 Å². The van der Waals surface area contributed by atoms with Crippen LogP contribution in [0.25, 0.3) is 10.9 Å². The van der Waals surface area contributed by atoms with Crippen molar-refractivity contribution in [1.29, 1.82) is 0 Å². The Labute approximate surface area is 130 Å². The van der Waals surface area contributed by atoms with E-state index in [1.165, 1.54) is 23.8 Å². The average molecular weight is 298 g/mol. The van der Waals surface area contributed by atoms with Gasteiger partial charge in [0.2, 0.25) is 0 Å². The number of aromatic amines is 1. The average Bonchev–Trinajstić information content (AvgIpc) is 3.25. The van der Waals surface area contributed by atoms with Gasteiger partial charge in [-0.05, 0) is 37.3 Å². The Hall–Kier alpha value is -1.81. The Kier molecular flexibility index (Phi) is 3.22. The summed E-state index contributed by atoms with van der Waals surface area (Å²) in [5, 5.41) is 4.74. The molecule has 116 valence electrons. The van der Waals surface area contributed by atoms with Crippen LogP contribution in [0, 0.1) is 5.92 Å². The zero-order valence-corrected chi connectivity index (χ0v) is 12.9. The number of carbonyl (C=O) groups excluding carboxylic acids is 1. The van der Waals surface area contributed by atoms with Crippen molar-refractivity contribution >= 4 is 16.9 Å². The van der Waals surface area contributed by atoms with Gasteiger partial charge < -0.3 is 9.72 Å². The van der Waals surface area contributed by atoms with E-state index in [1.807, 2.05) is 13.0 Å². The molecule has 1 aliphatic carbocycles. The molecule has 0 saturated heterocycles. The molecule has 4 rings (SSSR count). The first-order chi connectivity index (χ1) is 10.7. The van der Waals surface area contributed by atoms with Gasteiger partial charge in [-0.15, -0.1) is 0 Å². The van der Waals surface area contributed by atoms with E-state index in [0.29, 0.717) is 12.5 Å². The number of ether oxygens (including phenoxy) is 1. The van der Waals surface area contributed by atoms with E-state index in [4.69, 9.17) is 4.74 Å². The first kappa shape index (κ1) is 13.8. The largest absolute Gasteiger partial charge is 0.464 e. The lowest BCUT2D eigenvalue weighted by atomic mass is 9.82. The molecular weight excluding hydrogens is 276 g/mol. The van der Waals surface area contributed by atoms with Crippen molar-refractivity contribution in [3.05, 3.63) is 35.5 Å². The number of hydrogen-bond donors (Lipinski definition) is 2. The Bertz CT molecular complexity index is 717. The summed E-state index contributed by atoms with van der Waals surface area (Å²) in [6.45, 7) is 3.11. The minimum Gasteiger partial charge on any atom is -0.464 e. The lowest BCUT2D eigenvalue weighted by Gasteiger charge is -2.36. The van der Waals surface area contributed by atoms with Gasteiger partial charge in [-0.2, -0.15) is 0 Å². The van der Waals surface area contributed by atoms with Gasteiger partial charge in [0.1, 0.15) is 0 Å². The summed E-state index contributed by atoms with van der Waals surface area (Å²) in [5.41, 5.74) is 2.73. The van der Waals surface area contributed by atoms with Crippen molar-refractivity contribution in [2.45, 2.75) is 38.1 Å². The fourth-order valence-electron chi connectivity index (χ4n) is 3.75. The predicted octanol–water partition coefficient (Wildman–Crippen LogP) is 2.87. The number of H-pyrrole nitrogens is 1. The van der Waals surface area contributed by atoms with Crippen molar-refractivity contribution < 1.29 is 9.53 Å². The molecule has 0 amide bonds. The molecule has 0 spiro atoms. The maximum Gasteiger partial charge on any atom is 0.332 e. The Morgan fingerprint density at radius 2 is 2.18 bits per heavy atom. The van der Waals surface area contributed by atoms with Gasteiger partial charge in [-0.3, -0.25) is 5.32 Å². The summed E-state index contributed by atoms with van der Waals surface area (Å²) in [6, 6.07) is 8.32. The maximum atomic E-state index is 12.8. The molecule has 4 heteroatoms. The van der Waals surface area contributed by atoms with Gasteiger partial charge in [0.15, 0.2) is 5.54 Å².